The minimum absolute atomic E-state index is 0.0420. The number of hydrogen-bond donors (Lipinski definition) is 3. The lowest BCUT2D eigenvalue weighted by Crippen LogP contribution is -2.35. The van der Waals surface area contributed by atoms with Crippen molar-refractivity contribution < 1.29 is 13.5 Å². The molecule has 0 saturated heterocycles. The highest BCUT2D eigenvalue weighted by atomic mass is 32.2. The van der Waals surface area contributed by atoms with Crippen LogP contribution in [0.1, 0.15) is 25.8 Å². The molecule has 0 saturated carbocycles. The second-order valence-electron chi connectivity index (χ2n) is 5.42. The number of sulfonamides is 1. The molecule has 0 aliphatic carbocycles. The summed E-state index contributed by atoms with van der Waals surface area (Å²) in [5, 5.41) is 8.91. The molecule has 5 nitrogen and oxygen atoms in total. The zero-order chi connectivity index (χ0) is 14.5. The third-order valence-electron chi connectivity index (χ3n) is 2.96. The number of nitrogens with two attached hydrogens (primary N) is 1. The van der Waals surface area contributed by atoms with Crippen LogP contribution in [-0.2, 0) is 15.8 Å². The number of aliphatic hydroxyl groups excluding tert-OH is 1. The van der Waals surface area contributed by atoms with E-state index in [0.29, 0.717) is 24.2 Å². The molecule has 0 spiro atoms. The molecule has 0 unspecified atom stereocenters. The summed E-state index contributed by atoms with van der Waals surface area (Å²) < 4.78 is 26.5. The zero-order valence-corrected chi connectivity index (χ0v) is 12.2. The SMILES string of the molecule is CC(C)(CCO)CNS(=O)(=O)Cc1ccccc1N. The number of nitrogens with one attached hydrogen (secondary N) is 1. The maximum absolute atomic E-state index is 12.0. The van der Waals surface area contributed by atoms with Crippen molar-refractivity contribution in [1.82, 2.24) is 4.72 Å². The summed E-state index contributed by atoms with van der Waals surface area (Å²) in [6.45, 7) is 4.15. The van der Waals surface area contributed by atoms with Crippen LogP contribution in [-0.4, -0.2) is 26.7 Å². The van der Waals surface area contributed by atoms with Gasteiger partial charge < -0.3 is 10.8 Å². The van der Waals surface area contributed by atoms with Gasteiger partial charge in [-0.15, -0.1) is 0 Å². The van der Waals surface area contributed by atoms with Gasteiger partial charge in [-0.3, -0.25) is 0 Å². The van der Waals surface area contributed by atoms with Crippen molar-refractivity contribution in [1.29, 1.82) is 0 Å². The highest BCUT2D eigenvalue weighted by molar-refractivity contribution is 7.88. The standard InChI is InChI=1S/C13H22N2O3S/c1-13(2,7-8-16)10-15-19(17,18)9-11-5-3-4-6-12(11)14/h3-6,15-16H,7-10,14H2,1-2H3. The first-order valence-corrected chi connectivity index (χ1v) is 7.82. The van der Waals surface area contributed by atoms with Crippen LogP contribution in [0.3, 0.4) is 0 Å². The Morgan fingerprint density at radius 1 is 1.32 bits per heavy atom. The number of rotatable bonds is 7. The molecule has 0 aliphatic heterocycles. The molecule has 6 heteroatoms. The molecule has 19 heavy (non-hydrogen) atoms. The van der Waals surface area contributed by atoms with Crippen molar-refractivity contribution in [2.45, 2.75) is 26.0 Å². The van der Waals surface area contributed by atoms with Gasteiger partial charge in [0.25, 0.3) is 0 Å². The van der Waals surface area contributed by atoms with Crippen molar-refractivity contribution in [3.05, 3.63) is 29.8 Å². The first kappa shape index (κ1) is 15.9. The van der Waals surface area contributed by atoms with Crippen LogP contribution in [0.15, 0.2) is 24.3 Å². The first-order valence-electron chi connectivity index (χ1n) is 6.17. The number of anilines is 1. The van der Waals surface area contributed by atoms with E-state index in [-0.39, 0.29) is 17.8 Å². The molecule has 1 aromatic rings. The number of para-hydroxylation sites is 1. The molecule has 108 valence electrons. The molecule has 0 heterocycles. The monoisotopic (exact) mass is 286 g/mol. The Morgan fingerprint density at radius 3 is 2.53 bits per heavy atom. The van der Waals surface area contributed by atoms with Gasteiger partial charge in [0.2, 0.25) is 10.0 Å². The Bertz CT molecular complexity index is 512. The highest BCUT2D eigenvalue weighted by Gasteiger charge is 2.21. The van der Waals surface area contributed by atoms with E-state index < -0.39 is 10.0 Å². The fourth-order valence-electron chi connectivity index (χ4n) is 1.62. The smallest absolute Gasteiger partial charge is 0.215 e. The van der Waals surface area contributed by atoms with Crippen LogP contribution in [0.4, 0.5) is 5.69 Å². The molecule has 4 N–H and O–H groups in total. The lowest BCUT2D eigenvalue weighted by Gasteiger charge is -2.23. The Morgan fingerprint density at radius 2 is 1.95 bits per heavy atom. The molecule has 0 atom stereocenters. The van der Waals surface area contributed by atoms with Crippen molar-refractivity contribution in [2.75, 3.05) is 18.9 Å². The zero-order valence-electron chi connectivity index (χ0n) is 11.4. The molecular weight excluding hydrogens is 264 g/mol. The largest absolute Gasteiger partial charge is 0.398 e. The van der Waals surface area contributed by atoms with E-state index in [2.05, 4.69) is 4.72 Å². The van der Waals surface area contributed by atoms with Crippen molar-refractivity contribution >= 4 is 15.7 Å². The second kappa shape index (κ2) is 6.36. The van der Waals surface area contributed by atoms with Crippen LogP contribution < -0.4 is 10.5 Å². The minimum atomic E-state index is -3.42. The molecule has 0 radical (unpaired) electrons. The van der Waals surface area contributed by atoms with Gasteiger partial charge in [-0.2, -0.15) is 0 Å². The van der Waals surface area contributed by atoms with Crippen LogP contribution in [0, 0.1) is 5.41 Å². The second-order valence-corrected chi connectivity index (χ2v) is 7.22. The van der Waals surface area contributed by atoms with Crippen LogP contribution >= 0.6 is 0 Å². The topological polar surface area (TPSA) is 92.4 Å². The number of hydrogen-bond acceptors (Lipinski definition) is 4. The van der Waals surface area contributed by atoms with E-state index in [1.165, 1.54) is 0 Å². The van der Waals surface area contributed by atoms with E-state index in [1.807, 2.05) is 13.8 Å². The lowest BCUT2D eigenvalue weighted by atomic mass is 9.90. The molecule has 0 bridgehead atoms. The van der Waals surface area contributed by atoms with E-state index >= 15 is 0 Å². The quantitative estimate of drug-likeness (QED) is 0.654. The van der Waals surface area contributed by atoms with Crippen LogP contribution in [0.2, 0.25) is 0 Å². The number of aliphatic hydroxyl groups is 1. The van der Waals surface area contributed by atoms with Crippen molar-refractivity contribution in [2.24, 2.45) is 5.41 Å². The van der Waals surface area contributed by atoms with Gasteiger partial charge in [-0.05, 0) is 23.5 Å². The lowest BCUT2D eigenvalue weighted by molar-refractivity contribution is 0.213. The normalized spacial score (nSPS) is 12.6. The summed E-state index contributed by atoms with van der Waals surface area (Å²) >= 11 is 0. The Balaban J connectivity index is 2.65. The van der Waals surface area contributed by atoms with Crippen LogP contribution in [0.5, 0.6) is 0 Å². The molecule has 1 rings (SSSR count). The van der Waals surface area contributed by atoms with Crippen molar-refractivity contribution in [3.8, 4) is 0 Å². The van der Waals surface area contributed by atoms with Gasteiger partial charge in [0.15, 0.2) is 0 Å². The Hall–Kier alpha value is -1.11. The van der Waals surface area contributed by atoms with E-state index in [0.717, 1.165) is 0 Å². The molecule has 1 aromatic carbocycles. The maximum atomic E-state index is 12.0. The predicted octanol–water partition coefficient (Wildman–Crippen LogP) is 1.10. The molecular formula is C13H22N2O3S. The number of benzene rings is 1. The van der Waals surface area contributed by atoms with E-state index in [9.17, 15) is 8.42 Å². The molecule has 0 amide bonds. The summed E-state index contributed by atoms with van der Waals surface area (Å²) in [5.41, 5.74) is 6.53. The van der Waals surface area contributed by atoms with E-state index in [4.69, 9.17) is 10.8 Å². The van der Waals surface area contributed by atoms with Crippen LogP contribution in [0.25, 0.3) is 0 Å². The van der Waals surface area contributed by atoms with Gasteiger partial charge in [-0.1, -0.05) is 32.0 Å². The van der Waals surface area contributed by atoms with Gasteiger partial charge >= 0.3 is 0 Å². The van der Waals surface area contributed by atoms with Gasteiger partial charge in [0.05, 0.1) is 5.75 Å². The Kier molecular flexibility index (Phi) is 5.34. The fraction of sp³-hybridized carbons (Fsp3) is 0.538. The summed E-state index contributed by atoms with van der Waals surface area (Å²) in [4.78, 5) is 0. The summed E-state index contributed by atoms with van der Waals surface area (Å²) in [6.07, 6.45) is 0.545. The number of nitrogen functional groups attached to an aromatic ring is 1. The molecule has 0 aliphatic rings. The maximum Gasteiger partial charge on any atom is 0.215 e. The fourth-order valence-corrected chi connectivity index (χ4v) is 3.00. The Labute approximate surface area is 114 Å². The highest BCUT2D eigenvalue weighted by Crippen LogP contribution is 2.19. The summed E-state index contributed by atoms with van der Waals surface area (Å²) in [5.74, 6) is -0.130. The van der Waals surface area contributed by atoms with Gasteiger partial charge in [0.1, 0.15) is 0 Å². The third kappa shape index (κ3) is 5.59. The summed E-state index contributed by atoms with van der Waals surface area (Å²) in [6, 6.07) is 6.91. The predicted molar refractivity (Wildman–Crippen MR) is 77.0 cm³/mol. The minimum Gasteiger partial charge on any atom is -0.398 e. The summed E-state index contributed by atoms with van der Waals surface area (Å²) in [7, 11) is -3.42. The first-order chi connectivity index (χ1) is 8.76. The molecule has 0 fully saturated rings. The van der Waals surface area contributed by atoms with Crippen molar-refractivity contribution in [3.63, 3.8) is 0 Å². The average molecular weight is 286 g/mol. The van der Waals surface area contributed by atoms with Gasteiger partial charge in [0, 0.05) is 18.8 Å². The average Bonchev–Trinajstić information content (AvgIpc) is 2.30. The third-order valence-corrected chi connectivity index (χ3v) is 4.24. The van der Waals surface area contributed by atoms with E-state index in [1.54, 1.807) is 24.3 Å². The van der Waals surface area contributed by atoms with Gasteiger partial charge in [-0.25, -0.2) is 13.1 Å². The molecule has 0 aromatic heterocycles.